The van der Waals surface area contributed by atoms with Crippen molar-refractivity contribution in [2.75, 3.05) is 26.8 Å². The molecule has 2 N–H and O–H groups in total. The van der Waals surface area contributed by atoms with E-state index in [4.69, 9.17) is 9.47 Å². The van der Waals surface area contributed by atoms with Gasteiger partial charge in [0, 0.05) is 6.54 Å². The normalized spacial score (nSPS) is 9.96. The molecule has 2 aromatic carbocycles. The summed E-state index contributed by atoms with van der Waals surface area (Å²) in [5.74, 6) is 1.35. The van der Waals surface area contributed by atoms with Crippen LogP contribution in [0.2, 0.25) is 0 Å². The molecule has 2 amide bonds. The van der Waals surface area contributed by atoms with Crippen LogP contribution in [0.3, 0.4) is 0 Å². The number of carbonyl (C=O) groups excluding carboxylic acids is 1. The number of nitrogens with one attached hydrogen (secondary N) is 2. The average Bonchev–Trinajstić information content (AvgIpc) is 2.60. The number of amides is 2. The summed E-state index contributed by atoms with van der Waals surface area (Å²) in [6.45, 7) is 1.41. The van der Waals surface area contributed by atoms with Crippen LogP contribution in [0.25, 0.3) is 0 Å². The minimum absolute atomic E-state index is 0.190. The Balaban J connectivity index is 1.59. The molecule has 0 aliphatic heterocycles. The van der Waals surface area contributed by atoms with Gasteiger partial charge in [0.1, 0.15) is 6.61 Å². The van der Waals surface area contributed by atoms with Gasteiger partial charge in [-0.2, -0.15) is 0 Å². The maximum atomic E-state index is 11.7. The molecule has 0 heterocycles. The second kappa shape index (κ2) is 9.35. The second-order valence-corrected chi connectivity index (χ2v) is 4.92. The first-order valence-electron chi connectivity index (χ1n) is 7.61. The lowest BCUT2D eigenvalue weighted by atomic mass is 10.1. The molecule has 0 aliphatic carbocycles. The Kier molecular flexibility index (Phi) is 6.78. The number of carbonyl (C=O) groups is 1. The lowest BCUT2D eigenvalue weighted by Crippen LogP contribution is -2.38. The van der Waals surface area contributed by atoms with Crippen molar-refractivity contribution in [3.8, 4) is 11.5 Å². The molecule has 5 nitrogen and oxygen atoms in total. The Morgan fingerprint density at radius 2 is 1.57 bits per heavy atom. The number of methoxy groups -OCH3 is 1. The van der Waals surface area contributed by atoms with Gasteiger partial charge in [-0.25, -0.2) is 4.79 Å². The zero-order valence-electron chi connectivity index (χ0n) is 13.2. The Morgan fingerprint density at radius 3 is 2.30 bits per heavy atom. The highest BCUT2D eigenvalue weighted by molar-refractivity contribution is 5.73. The van der Waals surface area contributed by atoms with E-state index in [-0.39, 0.29) is 6.03 Å². The molecule has 0 saturated heterocycles. The molecule has 23 heavy (non-hydrogen) atoms. The predicted molar refractivity (Wildman–Crippen MR) is 90.0 cm³/mol. The van der Waals surface area contributed by atoms with E-state index < -0.39 is 0 Å². The van der Waals surface area contributed by atoms with Gasteiger partial charge >= 0.3 is 6.03 Å². The molecule has 0 bridgehead atoms. The van der Waals surface area contributed by atoms with E-state index in [1.165, 1.54) is 5.56 Å². The zero-order chi connectivity index (χ0) is 16.3. The second-order valence-electron chi connectivity index (χ2n) is 4.92. The summed E-state index contributed by atoms with van der Waals surface area (Å²) in [7, 11) is 1.60. The minimum Gasteiger partial charge on any atom is -0.493 e. The van der Waals surface area contributed by atoms with Crippen LogP contribution in [0, 0.1) is 0 Å². The molecular formula is C18H22N2O3. The van der Waals surface area contributed by atoms with Gasteiger partial charge in [-0.1, -0.05) is 42.5 Å². The molecule has 0 aliphatic rings. The number of benzene rings is 2. The van der Waals surface area contributed by atoms with E-state index in [2.05, 4.69) is 10.6 Å². The van der Waals surface area contributed by atoms with E-state index in [0.29, 0.717) is 31.2 Å². The summed E-state index contributed by atoms with van der Waals surface area (Å²) in [5, 5.41) is 5.58. The molecule has 0 spiro atoms. The first kappa shape index (κ1) is 16.7. The SMILES string of the molecule is COc1ccccc1OCCNC(=O)NCCc1ccccc1. The van der Waals surface area contributed by atoms with Crippen molar-refractivity contribution in [3.05, 3.63) is 60.2 Å². The zero-order valence-corrected chi connectivity index (χ0v) is 13.2. The molecule has 0 saturated carbocycles. The first-order chi connectivity index (χ1) is 11.3. The van der Waals surface area contributed by atoms with Crippen molar-refractivity contribution in [2.24, 2.45) is 0 Å². The Morgan fingerprint density at radius 1 is 0.913 bits per heavy atom. The van der Waals surface area contributed by atoms with Crippen LogP contribution < -0.4 is 20.1 Å². The molecule has 122 valence electrons. The number of urea groups is 1. The van der Waals surface area contributed by atoms with E-state index in [0.717, 1.165) is 6.42 Å². The summed E-state index contributed by atoms with van der Waals surface area (Å²) in [4.78, 5) is 11.7. The fourth-order valence-electron chi connectivity index (χ4n) is 2.09. The maximum Gasteiger partial charge on any atom is 0.314 e. The van der Waals surface area contributed by atoms with Crippen LogP contribution in [-0.4, -0.2) is 32.8 Å². The van der Waals surface area contributed by atoms with Gasteiger partial charge in [0.25, 0.3) is 0 Å². The fraction of sp³-hybridized carbons (Fsp3) is 0.278. The molecule has 0 atom stereocenters. The quantitative estimate of drug-likeness (QED) is 0.736. The van der Waals surface area contributed by atoms with Gasteiger partial charge in [-0.05, 0) is 24.1 Å². The smallest absolute Gasteiger partial charge is 0.314 e. The first-order valence-corrected chi connectivity index (χ1v) is 7.61. The lowest BCUT2D eigenvalue weighted by molar-refractivity contribution is 0.235. The van der Waals surface area contributed by atoms with Crippen molar-refractivity contribution in [1.29, 1.82) is 0 Å². The summed E-state index contributed by atoms with van der Waals surface area (Å²) in [6.07, 6.45) is 0.811. The van der Waals surface area contributed by atoms with Gasteiger partial charge in [-0.3, -0.25) is 0 Å². The topological polar surface area (TPSA) is 59.6 Å². The molecule has 2 aromatic rings. The highest BCUT2D eigenvalue weighted by Gasteiger charge is 2.03. The number of ether oxygens (including phenoxy) is 2. The molecule has 0 unspecified atom stereocenters. The third-order valence-electron chi connectivity index (χ3n) is 3.26. The van der Waals surface area contributed by atoms with Crippen molar-refractivity contribution in [2.45, 2.75) is 6.42 Å². The fourth-order valence-corrected chi connectivity index (χ4v) is 2.09. The standard InChI is InChI=1S/C18H22N2O3/c1-22-16-9-5-6-10-17(16)23-14-13-20-18(21)19-12-11-15-7-3-2-4-8-15/h2-10H,11-14H2,1H3,(H2,19,20,21). The van der Waals surface area contributed by atoms with Gasteiger partial charge in [0.2, 0.25) is 0 Å². The highest BCUT2D eigenvalue weighted by Crippen LogP contribution is 2.25. The lowest BCUT2D eigenvalue weighted by Gasteiger charge is -2.11. The third-order valence-corrected chi connectivity index (χ3v) is 3.26. The monoisotopic (exact) mass is 314 g/mol. The van der Waals surface area contributed by atoms with Crippen LogP contribution in [0.15, 0.2) is 54.6 Å². The largest absolute Gasteiger partial charge is 0.493 e. The van der Waals surface area contributed by atoms with E-state index in [1.807, 2.05) is 54.6 Å². The Hall–Kier alpha value is -2.69. The predicted octanol–water partition coefficient (Wildman–Crippen LogP) is 2.62. The summed E-state index contributed by atoms with van der Waals surface area (Å²) < 4.78 is 10.8. The summed E-state index contributed by atoms with van der Waals surface area (Å²) in [5.41, 5.74) is 1.20. The molecular weight excluding hydrogens is 292 g/mol. The van der Waals surface area contributed by atoms with Crippen molar-refractivity contribution >= 4 is 6.03 Å². The number of hydrogen-bond donors (Lipinski definition) is 2. The van der Waals surface area contributed by atoms with Crippen LogP contribution in [0.1, 0.15) is 5.56 Å². The van der Waals surface area contributed by atoms with Gasteiger partial charge in [0.15, 0.2) is 11.5 Å². The van der Waals surface area contributed by atoms with Gasteiger partial charge in [-0.15, -0.1) is 0 Å². The molecule has 0 fully saturated rings. The van der Waals surface area contributed by atoms with Crippen molar-refractivity contribution in [3.63, 3.8) is 0 Å². The number of rotatable bonds is 8. The number of para-hydroxylation sites is 2. The summed E-state index contributed by atoms with van der Waals surface area (Å²) >= 11 is 0. The van der Waals surface area contributed by atoms with E-state index in [1.54, 1.807) is 7.11 Å². The van der Waals surface area contributed by atoms with Crippen LogP contribution in [0.4, 0.5) is 4.79 Å². The van der Waals surface area contributed by atoms with Crippen LogP contribution in [-0.2, 0) is 6.42 Å². The van der Waals surface area contributed by atoms with Crippen molar-refractivity contribution < 1.29 is 14.3 Å². The Bertz CT molecular complexity index is 602. The average molecular weight is 314 g/mol. The molecule has 0 radical (unpaired) electrons. The van der Waals surface area contributed by atoms with E-state index in [9.17, 15) is 4.79 Å². The molecule has 2 rings (SSSR count). The van der Waals surface area contributed by atoms with E-state index >= 15 is 0 Å². The minimum atomic E-state index is -0.190. The maximum absolute atomic E-state index is 11.7. The van der Waals surface area contributed by atoms with Crippen LogP contribution >= 0.6 is 0 Å². The van der Waals surface area contributed by atoms with Gasteiger partial charge in [0.05, 0.1) is 13.7 Å². The molecule has 0 aromatic heterocycles. The van der Waals surface area contributed by atoms with Gasteiger partial charge < -0.3 is 20.1 Å². The van der Waals surface area contributed by atoms with Crippen LogP contribution in [0.5, 0.6) is 11.5 Å². The highest BCUT2D eigenvalue weighted by atomic mass is 16.5. The van der Waals surface area contributed by atoms with Crippen molar-refractivity contribution in [1.82, 2.24) is 10.6 Å². The summed E-state index contributed by atoms with van der Waals surface area (Å²) in [6, 6.07) is 17.3. The Labute approximate surface area is 136 Å². The number of hydrogen-bond acceptors (Lipinski definition) is 3. The molecule has 5 heteroatoms. The third kappa shape index (κ3) is 5.90.